The van der Waals surface area contributed by atoms with E-state index in [2.05, 4.69) is 79.4 Å². The van der Waals surface area contributed by atoms with Gasteiger partial charge in [0.2, 0.25) is 88.6 Å². The van der Waals surface area contributed by atoms with Crippen LogP contribution in [0.1, 0.15) is 130 Å². The van der Waals surface area contributed by atoms with Crippen molar-refractivity contribution < 1.29 is 96.8 Å². The van der Waals surface area contributed by atoms with Gasteiger partial charge in [0.25, 0.3) is 0 Å². The molecule has 44 heteroatoms. The third-order valence-corrected chi connectivity index (χ3v) is 18.6. The van der Waals surface area contributed by atoms with Crippen molar-refractivity contribution in [2.75, 3.05) is 25.1 Å². The number of rotatable bonds is 54. The first-order valence-electron chi connectivity index (χ1n) is 37.6. The van der Waals surface area contributed by atoms with Gasteiger partial charge in [-0.15, -0.1) is 0 Å². The highest BCUT2D eigenvalue weighted by Gasteiger charge is 2.39. The Morgan fingerprint density at radius 1 is 0.444 bits per heavy atom. The molecule has 0 fully saturated rings. The van der Waals surface area contributed by atoms with Crippen molar-refractivity contribution in [1.29, 1.82) is 10.8 Å². The zero-order valence-corrected chi connectivity index (χ0v) is 67.0. The number of H-pyrrole nitrogens is 1. The van der Waals surface area contributed by atoms with Crippen LogP contribution in [0.3, 0.4) is 0 Å². The Morgan fingerprint density at radius 3 is 1.38 bits per heavy atom. The first-order chi connectivity index (χ1) is 55.0. The lowest BCUT2D eigenvalue weighted by atomic mass is 9.99. The maximum absolute atomic E-state index is 15.0. The predicted octanol–water partition coefficient (Wildman–Crippen LogP) is -6.55. The highest BCUT2D eigenvalue weighted by molar-refractivity contribution is 7.98. The maximum Gasteiger partial charge on any atom is 0.328 e. The van der Waals surface area contributed by atoms with Gasteiger partial charge in [0.05, 0.1) is 25.0 Å². The molecule has 2 aromatic carbocycles. The Kier molecular flexibility index (Phi) is 42.5. The van der Waals surface area contributed by atoms with E-state index in [1.165, 1.54) is 32.5 Å². The van der Waals surface area contributed by atoms with Crippen molar-refractivity contribution in [3.63, 3.8) is 0 Å². The molecule has 43 nitrogen and oxygen atoms in total. The van der Waals surface area contributed by atoms with E-state index in [0.717, 1.165) is 6.92 Å². The van der Waals surface area contributed by atoms with E-state index in [4.69, 9.17) is 45.2 Å². The second-order valence-electron chi connectivity index (χ2n) is 28.6. The molecule has 1 heterocycles. The van der Waals surface area contributed by atoms with E-state index in [0.29, 0.717) is 28.5 Å². The third-order valence-electron chi connectivity index (χ3n) is 17.9. The summed E-state index contributed by atoms with van der Waals surface area (Å²) < 4.78 is 0. The Bertz CT molecular complexity index is 3980. The number of aliphatic hydroxyl groups excluding tert-OH is 1. The lowest BCUT2D eigenvalue weighted by molar-refractivity contribution is -0.145. The number of amides is 15. The highest BCUT2D eigenvalue weighted by Crippen LogP contribution is 2.21. The topological polar surface area (TPSA) is 739 Å². The highest BCUT2D eigenvalue weighted by atomic mass is 32.2. The summed E-state index contributed by atoms with van der Waals surface area (Å²) in [6, 6.07) is -6.43. The monoisotopic (exact) mass is 1660 g/mol. The summed E-state index contributed by atoms with van der Waals surface area (Å²) in [7, 11) is 0. The number of nitrogens with two attached hydrogens (primary N) is 6. The summed E-state index contributed by atoms with van der Waals surface area (Å²) in [4.78, 5) is 235. The molecule has 3 aromatic rings. The van der Waals surface area contributed by atoms with Crippen molar-refractivity contribution >= 4 is 135 Å². The van der Waals surface area contributed by atoms with Crippen LogP contribution in [0.15, 0.2) is 60.8 Å². The number of aliphatic carboxylic acids is 2. The number of guanidine groups is 2. The summed E-state index contributed by atoms with van der Waals surface area (Å²) in [5, 5.41) is 79.6. The normalized spacial score (nSPS) is 14.7. The second kappa shape index (κ2) is 50.2. The number of carbonyl (C=O) groups is 17. The number of hydrogen-bond donors (Lipinski definition) is 26. The van der Waals surface area contributed by atoms with E-state index in [-0.39, 0.29) is 81.6 Å². The number of nitrogens with one attached hydrogen (secondary N) is 17. The molecule has 0 aliphatic heterocycles. The van der Waals surface area contributed by atoms with Crippen LogP contribution in [-0.4, -0.2) is 243 Å². The van der Waals surface area contributed by atoms with Gasteiger partial charge in [-0.05, 0) is 106 Å². The van der Waals surface area contributed by atoms with E-state index in [9.17, 15) is 96.8 Å². The molecule has 0 aliphatic carbocycles. The number of aliphatic hydroxyl groups is 1. The molecule has 15 amide bonds. The van der Waals surface area contributed by atoms with Gasteiger partial charge in [-0.2, -0.15) is 11.8 Å². The van der Waals surface area contributed by atoms with Gasteiger partial charge in [-0.25, -0.2) is 4.79 Å². The number of hydrogen-bond acceptors (Lipinski definition) is 22. The van der Waals surface area contributed by atoms with Crippen LogP contribution in [0.2, 0.25) is 0 Å². The number of carboxylic acid groups (broad SMARTS) is 2. The van der Waals surface area contributed by atoms with Crippen molar-refractivity contribution in [2.24, 2.45) is 46.2 Å². The van der Waals surface area contributed by atoms with Gasteiger partial charge in [0.1, 0.15) is 66.5 Å². The fourth-order valence-corrected chi connectivity index (χ4v) is 12.1. The molecule has 0 spiro atoms. The van der Waals surface area contributed by atoms with E-state index in [1.807, 2.05) is 0 Å². The second-order valence-corrected chi connectivity index (χ2v) is 29.6. The number of primary amides is 3. The molecule has 0 aliphatic rings. The van der Waals surface area contributed by atoms with Crippen molar-refractivity contribution in [2.45, 2.75) is 216 Å². The van der Waals surface area contributed by atoms with E-state index >= 15 is 0 Å². The van der Waals surface area contributed by atoms with E-state index < -0.39 is 230 Å². The minimum atomic E-state index is -2.07. The molecule has 0 radical (unpaired) electrons. The number of aromatic amines is 1. The quantitative estimate of drug-likeness (QED) is 0.0142. The summed E-state index contributed by atoms with van der Waals surface area (Å²) in [6.07, 6.45) is -3.03. The average Bonchev–Trinajstić information content (AvgIpc) is 1.72. The number of para-hydroxylation sites is 1. The van der Waals surface area contributed by atoms with Crippen molar-refractivity contribution in [1.82, 2.24) is 79.4 Å². The largest absolute Gasteiger partial charge is 0.481 e. The number of aromatic nitrogens is 1. The minimum absolute atomic E-state index is 0.0803. The van der Waals surface area contributed by atoms with Crippen molar-refractivity contribution in [3.8, 4) is 0 Å². The smallest absolute Gasteiger partial charge is 0.328 e. The molecule has 0 unspecified atom stereocenters. The molecule has 0 bridgehead atoms. The summed E-state index contributed by atoms with van der Waals surface area (Å²) in [5.74, 6) is -20.8. The fraction of sp³-hybridized carbons (Fsp3) is 0.548. The standard InChI is InChI=1S/C73H113N23O20S/c1-35(2)29-48(65(109)88-47(25-28-117-7)64(108)93-51(32-55(77)100)69(113)96-58(38(6)97)71(115)116)90-66(110)50(31-40-34-84-43-19-12-11-17-41(40)43)92-63(107)46(22-24-54(76)99)89-70(114)57(36(3)4)95-68(112)49(30-39-15-9-8-10-16-39)91-67(111)52(33-56(101)102)94-62(106)45(21-23-53(75)98)86-59(103)37(5)85-61(105)44(20-14-27-83-73(80)81)87-60(104)42(74)18-13-26-82-72(78)79/h8-12,15-17,19,34-38,42,44-52,57-58,84,97H,13-14,18,20-33,74H2,1-7H3,(H2,75,98)(H2,76,99)(H2,77,100)(H,85,105)(H,86,103)(H,87,104)(H,88,109)(H,89,114)(H,90,110)(H,91,111)(H,92,107)(H,93,108)(H,94,106)(H,95,112)(H,96,113)(H,101,102)(H,115,116)(H4,78,79,82)(H4,80,81,83)/t37-,38+,42-,44-,45-,46-,47-,48-,49-,50-,51-,52-,57-,58-/m0/s1. The van der Waals surface area contributed by atoms with Crippen LogP contribution in [-0.2, 0) is 94.3 Å². The molecule has 1 aromatic heterocycles. The van der Waals surface area contributed by atoms with Gasteiger partial charge in [0, 0.05) is 55.9 Å². The minimum Gasteiger partial charge on any atom is -0.481 e. The molecule has 14 atom stereocenters. The number of thioether (sulfide) groups is 1. The molecule has 3 rings (SSSR count). The molecule has 0 saturated carbocycles. The summed E-state index contributed by atoms with van der Waals surface area (Å²) in [5.41, 5.74) is 34.7. The number of carbonyl (C=O) groups excluding carboxylic acids is 15. The van der Waals surface area contributed by atoms with Crippen LogP contribution < -0.4 is 109 Å². The first kappa shape index (κ1) is 99.0. The molecular weight excluding hydrogens is 1550 g/mol. The van der Waals surface area contributed by atoms with Crippen LogP contribution in [0.25, 0.3) is 10.9 Å². The molecule has 646 valence electrons. The summed E-state index contributed by atoms with van der Waals surface area (Å²) in [6.45, 7) is 8.96. The lowest BCUT2D eigenvalue weighted by Gasteiger charge is -2.29. The van der Waals surface area contributed by atoms with Gasteiger partial charge >= 0.3 is 11.9 Å². The average molecular weight is 1660 g/mol. The van der Waals surface area contributed by atoms with Crippen LogP contribution in [0.4, 0.5) is 0 Å². The van der Waals surface area contributed by atoms with Gasteiger partial charge in [0.15, 0.2) is 18.0 Å². The molecule has 117 heavy (non-hydrogen) atoms. The Labute approximate surface area is 678 Å². The third kappa shape index (κ3) is 36.4. The van der Waals surface area contributed by atoms with E-state index in [1.54, 1.807) is 80.9 Å². The van der Waals surface area contributed by atoms with Gasteiger partial charge in [-0.3, -0.25) is 87.5 Å². The van der Waals surface area contributed by atoms with Gasteiger partial charge in [-0.1, -0.05) is 76.2 Å². The first-order valence-corrected chi connectivity index (χ1v) is 39.0. The fourth-order valence-electron chi connectivity index (χ4n) is 11.7. The van der Waals surface area contributed by atoms with Crippen molar-refractivity contribution in [3.05, 3.63) is 71.9 Å². The zero-order chi connectivity index (χ0) is 87.9. The van der Waals surface area contributed by atoms with Crippen LogP contribution in [0.5, 0.6) is 0 Å². The molecule has 32 N–H and O–H groups in total. The van der Waals surface area contributed by atoms with Gasteiger partial charge < -0.3 is 129 Å². The SMILES string of the molecule is CSCC[C@H](NC(=O)[C@H](CC(C)C)NC(=O)[C@H](Cc1c[nH]c2ccccc12)NC(=O)[C@H](CCC(N)=O)NC(=O)[C@@H](NC(=O)[C@H](Cc1ccccc1)NC(=O)[C@H](CC(=O)O)NC(=O)[C@H](CCC(N)=O)NC(=O)[C@H](C)NC(=O)[C@H](CCCNC(=N)N)NC(=O)[C@@H](N)CCCNC(=N)N)C(C)C)C(=O)N[C@@H](CC(N)=O)C(=O)N[C@H](C(=O)O)[C@@H](C)O. The number of fused-ring (bicyclic) bond motifs is 1. The maximum atomic E-state index is 15.0. The molecular formula is C73H113N23O20S. The van der Waals surface area contributed by atoms with Crippen LogP contribution in [0, 0.1) is 22.7 Å². The Hall–Kier alpha value is -12.2. The Morgan fingerprint density at radius 2 is 0.863 bits per heavy atom. The number of carboxylic acids is 2. The zero-order valence-electron chi connectivity index (χ0n) is 66.2. The van der Waals surface area contributed by atoms with Crippen LogP contribution >= 0.6 is 11.8 Å². The molecule has 0 saturated heterocycles. The number of benzene rings is 2. The Balaban J connectivity index is 2.02. The predicted molar refractivity (Wildman–Crippen MR) is 427 cm³/mol. The lowest BCUT2D eigenvalue weighted by Crippen LogP contribution is -2.62. The summed E-state index contributed by atoms with van der Waals surface area (Å²) >= 11 is 1.26.